The second-order valence-corrected chi connectivity index (χ2v) is 8.85. The van der Waals surface area contributed by atoms with E-state index in [4.69, 9.17) is 23.2 Å². The van der Waals surface area contributed by atoms with Crippen LogP contribution in [0.25, 0.3) is 0 Å². The molecule has 0 saturated heterocycles. The summed E-state index contributed by atoms with van der Waals surface area (Å²) < 4.78 is 0.846. The SMILES string of the molecule is O=C(NC1CCCC1)C(c1cccc(Br)c1)N(Cc1ccc(Cl)cc1)C(=O)CCl. The molecule has 2 amide bonds. The predicted molar refractivity (Wildman–Crippen MR) is 120 cm³/mol. The van der Waals surface area contributed by atoms with E-state index in [1.807, 2.05) is 36.4 Å². The lowest BCUT2D eigenvalue weighted by atomic mass is 10.0. The smallest absolute Gasteiger partial charge is 0.247 e. The zero-order valence-corrected chi connectivity index (χ0v) is 19.0. The van der Waals surface area contributed by atoms with Crippen molar-refractivity contribution in [1.82, 2.24) is 10.2 Å². The van der Waals surface area contributed by atoms with Crippen molar-refractivity contribution < 1.29 is 9.59 Å². The highest BCUT2D eigenvalue weighted by atomic mass is 79.9. The van der Waals surface area contributed by atoms with Crippen LogP contribution < -0.4 is 5.32 Å². The number of hydrogen-bond donors (Lipinski definition) is 1. The highest BCUT2D eigenvalue weighted by molar-refractivity contribution is 9.10. The summed E-state index contributed by atoms with van der Waals surface area (Å²) in [6.07, 6.45) is 4.17. The quantitative estimate of drug-likeness (QED) is 0.515. The second kappa shape index (κ2) is 10.5. The van der Waals surface area contributed by atoms with Gasteiger partial charge in [-0.05, 0) is 48.2 Å². The van der Waals surface area contributed by atoms with Crippen LogP contribution in [0.3, 0.4) is 0 Å². The summed E-state index contributed by atoms with van der Waals surface area (Å²) in [5.41, 5.74) is 1.61. The third kappa shape index (κ3) is 5.97. The molecule has 4 nitrogen and oxygen atoms in total. The summed E-state index contributed by atoms with van der Waals surface area (Å²) in [7, 11) is 0. The summed E-state index contributed by atoms with van der Waals surface area (Å²) in [5.74, 6) is -0.676. The average Bonchev–Trinajstić information content (AvgIpc) is 3.21. The molecule has 2 aromatic carbocycles. The van der Waals surface area contributed by atoms with Gasteiger partial charge in [0.25, 0.3) is 0 Å². The first-order chi connectivity index (χ1) is 14.0. The predicted octanol–water partition coefficient (Wildman–Crippen LogP) is 5.47. The number of nitrogens with one attached hydrogen (secondary N) is 1. The first-order valence-electron chi connectivity index (χ1n) is 9.63. The van der Waals surface area contributed by atoms with E-state index >= 15 is 0 Å². The molecular weight excluding hydrogens is 475 g/mol. The summed E-state index contributed by atoms with van der Waals surface area (Å²) in [5, 5.41) is 3.76. The zero-order valence-electron chi connectivity index (χ0n) is 15.9. The lowest BCUT2D eigenvalue weighted by Gasteiger charge is -2.32. The van der Waals surface area contributed by atoms with Crippen LogP contribution in [0, 0.1) is 0 Å². The third-order valence-corrected chi connectivity index (χ3v) is 6.10. The molecule has 2 aromatic rings. The van der Waals surface area contributed by atoms with Gasteiger partial charge in [-0.2, -0.15) is 0 Å². The number of halogens is 3. The first-order valence-corrected chi connectivity index (χ1v) is 11.3. The van der Waals surface area contributed by atoms with Crippen molar-refractivity contribution in [2.24, 2.45) is 0 Å². The van der Waals surface area contributed by atoms with Crippen LogP contribution in [0.4, 0.5) is 0 Å². The number of benzene rings is 2. The van der Waals surface area contributed by atoms with Crippen LogP contribution in [-0.2, 0) is 16.1 Å². The van der Waals surface area contributed by atoms with Crippen LogP contribution >= 0.6 is 39.1 Å². The van der Waals surface area contributed by atoms with Crippen molar-refractivity contribution >= 4 is 50.9 Å². The van der Waals surface area contributed by atoms with Crippen LogP contribution in [-0.4, -0.2) is 28.6 Å². The van der Waals surface area contributed by atoms with Crippen molar-refractivity contribution in [3.63, 3.8) is 0 Å². The zero-order chi connectivity index (χ0) is 20.8. The van der Waals surface area contributed by atoms with E-state index in [-0.39, 0.29) is 30.3 Å². The monoisotopic (exact) mass is 496 g/mol. The van der Waals surface area contributed by atoms with E-state index in [9.17, 15) is 9.59 Å². The maximum absolute atomic E-state index is 13.3. The minimum atomic E-state index is -0.768. The van der Waals surface area contributed by atoms with Gasteiger partial charge in [0.2, 0.25) is 11.8 Å². The minimum absolute atomic E-state index is 0.153. The summed E-state index contributed by atoms with van der Waals surface area (Å²) >= 11 is 15.4. The summed E-state index contributed by atoms with van der Waals surface area (Å²) in [6, 6.07) is 14.1. The van der Waals surface area contributed by atoms with Crippen molar-refractivity contribution in [2.45, 2.75) is 44.3 Å². The molecule has 3 rings (SSSR count). The standard InChI is InChI=1S/C22H23BrCl2N2O2/c23-17-5-3-4-16(12-17)21(22(29)26-19-6-1-2-7-19)27(20(28)13-24)14-15-8-10-18(25)11-9-15/h3-5,8-12,19,21H,1-2,6-7,13-14H2,(H,26,29). The van der Waals surface area contributed by atoms with Crippen molar-refractivity contribution in [3.8, 4) is 0 Å². The van der Waals surface area contributed by atoms with E-state index in [1.54, 1.807) is 17.0 Å². The van der Waals surface area contributed by atoms with Gasteiger partial charge >= 0.3 is 0 Å². The lowest BCUT2D eigenvalue weighted by Crippen LogP contribution is -2.46. The highest BCUT2D eigenvalue weighted by Crippen LogP contribution is 2.28. The number of alkyl halides is 1. The highest BCUT2D eigenvalue weighted by Gasteiger charge is 2.33. The van der Waals surface area contributed by atoms with Gasteiger partial charge < -0.3 is 10.2 Å². The number of nitrogens with zero attached hydrogens (tertiary/aromatic N) is 1. The van der Waals surface area contributed by atoms with Gasteiger partial charge in [-0.15, -0.1) is 11.6 Å². The molecule has 0 heterocycles. The molecule has 1 fully saturated rings. The number of rotatable bonds is 7. The molecule has 1 N–H and O–H groups in total. The van der Waals surface area contributed by atoms with Gasteiger partial charge in [0.15, 0.2) is 0 Å². The summed E-state index contributed by atoms with van der Waals surface area (Å²) in [4.78, 5) is 27.7. The molecule has 0 aliphatic heterocycles. The normalized spacial score (nSPS) is 15.1. The molecule has 1 aliphatic rings. The Morgan fingerprint density at radius 3 is 2.45 bits per heavy atom. The largest absolute Gasteiger partial charge is 0.351 e. The van der Waals surface area contributed by atoms with E-state index < -0.39 is 6.04 Å². The van der Waals surface area contributed by atoms with Crippen molar-refractivity contribution in [3.05, 3.63) is 69.2 Å². The van der Waals surface area contributed by atoms with Crippen molar-refractivity contribution in [2.75, 3.05) is 5.88 Å². The number of carbonyl (C=O) groups excluding carboxylic acids is 2. The molecule has 1 aliphatic carbocycles. The molecular formula is C22H23BrCl2N2O2. The van der Waals surface area contributed by atoms with Gasteiger partial charge in [-0.3, -0.25) is 9.59 Å². The lowest BCUT2D eigenvalue weighted by molar-refractivity contribution is -0.140. The third-order valence-electron chi connectivity index (χ3n) is 5.13. The minimum Gasteiger partial charge on any atom is -0.351 e. The van der Waals surface area contributed by atoms with Gasteiger partial charge in [0, 0.05) is 22.1 Å². The molecule has 1 atom stereocenters. The molecule has 7 heteroatoms. The molecule has 0 bridgehead atoms. The molecule has 154 valence electrons. The summed E-state index contributed by atoms with van der Waals surface area (Å²) in [6.45, 7) is 0.262. The fourth-order valence-electron chi connectivity index (χ4n) is 3.69. The Hall–Kier alpha value is -1.56. The van der Waals surface area contributed by atoms with Crippen LogP contribution in [0.1, 0.15) is 42.9 Å². The number of amides is 2. The Kier molecular flexibility index (Phi) is 7.99. The topological polar surface area (TPSA) is 49.4 Å². The Labute approximate surface area is 189 Å². The fourth-order valence-corrected chi connectivity index (χ4v) is 4.38. The molecule has 29 heavy (non-hydrogen) atoms. The molecule has 0 radical (unpaired) electrons. The van der Waals surface area contributed by atoms with E-state index in [0.717, 1.165) is 41.3 Å². The second-order valence-electron chi connectivity index (χ2n) is 7.23. The van der Waals surface area contributed by atoms with Crippen LogP contribution in [0.15, 0.2) is 53.0 Å². The molecule has 0 spiro atoms. The van der Waals surface area contributed by atoms with E-state index in [2.05, 4.69) is 21.2 Å². The Morgan fingerprint density at radius 1 is 1.14 bits per heavy atom. The number of hydrogen-bond acceptors (Lipinski definition) is 2. The fraction of sp³-hybridized carbons (Fsp3) is 0.364. The molecule has 0 aromatic heterocycles. The van der Waals surface area contributed by atoms with Gasteiger partial charge in [0.1, 0.15) is 11.9 Å². The Balaban J connectivity index is 1.95. The maximum Gasteiger partial charge on any atom is 0.247 e. The maximum atomic E-state index is 13.3. The van der Waals surface area contributed by atoms with Crippen LogP contribution in [0.2, 0.25) is 5.02 Å². The van der Waals surface area contributed by atoms with Gasteiger partial charge in [-0.1, -0.05) is 64.6 Å². The van der Waals surface area contributed by atoms with Gasteiger partial charge in [-0.25, -0.2) is 0 Å². The van der Waals surface area contributed by atoms with Crippen LogP contribution in [0.5, 0.6) is 0 Å². The van der Waals surface area contributed by atoms with E-state index in [0.29, 0.717) is 5.02 Å². The van der Waals surface area contributed by atoms with Crippen molar-refractivity contribution in [1.29, 1.82) is 0 Å². The average molecular weight is 498 g/mol. The Bertz CT molecular complexity index is 854. The number of carbonyl (C=O) groups is 2. The molecule has 1 saturated carbocycles. The first kappa shape index (κ1) is 22.1. The Morgan fingerprint density at radius 2 is 1.83 bits per heavy atom. The molecule has 1 unspecified atom stereocenters. The van der Waals surface area contributed by atoms with Gasteiger partial charge in [0.05, 0.1) is 0 Å². The van der Waals surface area contributed by atoms with E-state index in [1.165, 1.54) is 0 Å².